The normalized spacial score (nSPS) is 24.5. The number of benzene rings is 1. The largest absolute Gasteiger partial charge is 0.378 e. The highest BCUT2D eigenvalue weighted by molar-refractivity contribution is 14.0. The molecule has 1 saturated carbocycles. The number of guanidine groups is 1. The number of piperazine rings is 1. The first-order valence-electron chi connectivity index (χ1n) is 11.4. The third kappa shape index (κ3) is 6.79. The molecule has 3 aliphatic rings. The Morgan fingerprint density at radius 3 is 2.45 bits per heavy atom. The SMILES string of the molecule is CCNC(=NCC1CC1c1ccccc1)N1CCN(CC(=O)N2CCOCC2)CC1.I. The number of morpholine rings is 1. The fraction of sp³-hybridized carbons (Fsp3) is 0.652. The molecule has 1 amide bonds. The Balaban J connectivity index is 0.00000272. The Hall–Kier alpha value is -1.39. The monoisotopic (exact) mass is 541 g/mol. The van der Waals surface area contributed by atoms with Crippen LogP contribution in [0.2, 0.25) is 0 Å². The predicted octanol–water partition coefficient (Wildman–Crippen LogP) is 1.85. The Morgan fingerprint density at radius 2 is 1.77 bits per heavy atom. The van der Waals surface area contributed by atoms with Crippen LogP contribution in [-0.4, -0.2) is 98.7 Å². The summed E-state index contributed by atoms with van der Waals surface area (Å²) in [5.74, 6) is 2.58. The maximum absolute atomic E-state index is 12.5. The lowest BCUT2D eigenvalue weighted by Crippen LogP contribution is -2.55. The number of ether oxygens (including phenoxy) is 1. The molecule has 2 saturated heterocycles. The molecule has 2 heterocycles. The topological polar surface area (TPSA) is 60.4 Å². The molecule has 172 valence electrons. The highest BCUT2D eigenvalue weighted by Gasteiger charge is 2.38. The molecule has 2 unspecified atom stereocenters. The van der Waals surface area contributed by atoms with Crippen molar-refractivity contribution in [3.05, 3.63) is 35.9 Å². The Morgan fingerprint density at radius 1 is 1.06 bits per heavy atom. The quantitative estimate of drug-likeness (QED) is 0.339. The number of nitrogens with one attached hydrogen (secondary N) is 1. The number of nitrogens with zero attached hydrogens (tertiary/aromatic N) is 4. The third-order valence-corrected chi connectivity index (χ3v) is 6.36. The van der Waals surface area contributed by atoms with Crippen LogP contribution in [0.1, 0.15) is 24.8 Å². The first kappa shape index (κ1) is 24.3. The van der Waals surface area contributed by atoms with E-state index in [1.807, 2.05) is 4.90 Å². The minimum atomic E-state index is 0. The molecular formula is C23H36IN5O2. The van der Waals surface area contributed by atoms with Crippen LogP contribution in [0, 0.1) is 5.92 Å². The summed E-state index contributed by atoms with van der Waals surface area (Å²) in [5.41, 5.74) is 1.45. The van der Waals surface area contributed by atoms with Gasteiger partial charge in [-0.2, -0.15) is 0 Å². The lowest BCUT2D eigenvalue weighted by Gasteiger charge is -2.37. The number of rotatable bonds is 6. The minimum Gasteiger partial charge on any atom is -0.378 e. The summed E-state index contributed by atoms with van der Waals surface area (Å²) in [7, 11) is 0. The lowest BCUT2D eigenvalue weighted by atomic mass is 10.1. The molecule has 0 bridgehead atoms. The maximum Gasteiger partial charge on any atom is 0.236 e. The van der Waals surface area contributed by atoms with E-state index in [-0.39, 0.29) is 29.9 Å². The summed E-state index contributed by atoms with van der Waals surface area (Å²) in [6.07, 6.45) is 1.24. The average Bonchev–Trinajstić information content (AvgIpc) is 3.58. The van der Waals surface area contributed by atoms with Gasteiger partial charge in [-0.15, -0.1) is 24.0 Å². The smallest absolute Gasteiger partial charge is 0.236 e. The Bertz CT molecular complexity index is 718. The number of amides is 1. The van der Waals surface area contributed by atoms with Gasteiger partial charge in [0, 0.05) is 52.4 Å². The van der Waals surface area contributed by atoms with Gasteiger partial charge in [0.25, 0.3) is 0 Å². The number of halogens is 1. The molecule has 2 aliphatic heterocycles. The van der Waals surface area contributed by atoms with Crippen LogP contribution >= 0.6 is 24.0 Å². The fourth-order valence-corrected chi connectivity index (χ4v) is 4.41. The highest BCUT2D eigenvalue weighted by Crippen LogP contribution is 2.47. The van der Waals surface area contributed by atoms with Gasteiger partial charge >= 0.3 is 0 Å². The molecule has 7 nitrogen and oxygen atoms in total. The van der Waals surface area contributed by atoms with Crippen molar-refractivity contribution >= 4 is 35.8 Å². The second kappa shape index (κ2) is 12.0. The summed E-state index contributed by atoms with van der Waals surface area (Å²) >= 11 is 0. The van der Waals surface area contributed by atoms with E-state index < -0.39 is 0 Å². The van der Waals surface area contributed by atoms with Gasteiger partial charge in [0.1, 0.15) is 0 Å². The van der Waals surface area contributed by atoms with Crippen molar-refractivity contribution in [3.63, 3.8) is 0 Å². The zero-order valence-electron chi connectivity index (χ0n) is 18.5. The molecule has 8 heteroatoms. The van der Waals surface area contributed by atoms with Crippen LogP contribution in [0.25, 0.3) is 0 Å². The second-order valence-corrected chi connectivity index (χ2v) is 8.46. The molecule has 0 spiro atoms. The van der Waals surface area contributed by atoms with Gasteiger partial charge in [0.05, 0.1) is 19.8 Å². The second-order valence-electron chi connectivity index (χ2n) is 8.46. The van der Waals surface area contributed by atoms with Crippen molar-refractivity contribution in [2.24, 2.45) is 10.9 Å². The Kier molecular flexibility index (Phi) is 9.40. The highest BCUT2D eigenvalue weighted by atomic mass is 127. The first-order valence-corrected chi connectivity index (χ1v) is 11.4. The van der Waals surface area contributed by atoms with Crippen molar-refractivity contribution < 1.29 is 9.53 Å². The van der Waals surface area contributed by atoms with E-state index in [1.165, 1.54) is 12.0 Å². The van der Waals surface area contributed by atoms with Crippen LogP contribution in [0.5, 0.6) is 0 Å². The Labute approximate surface area is 203 Å². The van der Waals surface area contributed by atoms with E-state index in [1.54, 1.807) is 0 Å². The summed E-state index contributed by atoms with van der Waals surface area (Å²) in [5, 5.41) is 3.47. The zero-order chi connectivity index (χ0) is 20.8. The molecule has 1 aromatic carbocycles. The van der Waals surface area contributed by atoms with E-state index in [0.717, 1.165) is 58.3 Å². The third-order valence-electron chi connectivity index (χ3n) is 6.36. The molecule has 0 aromatic heterocycles. The molecule has 1 aromatic rings. The predicted molar refractivity (Wildman–Crippen MR) is 134 cm³/mol. The van der Waals surface area contributed by atoms with Crippen molar-refractivity contribution in [1.29, 1.82) is 0 Å². The standard InChI is InChI=1S/C23H35N5O2.HI/c1-2-24-23(25-17-20-16-21(20)19-6-4-3-5-7-19)28-10-8-26(9-11-28)18-22(29)27-12-14-30-15-13-27;/h3-7,20-21H,2,8-18H2,1H3,(H,24,25);1H. The number of carbonyl (C=O) groups excluding carboxylic acids is 1. The first-order chi connectivity index (χ1) is 14.7. The van der Waals surface area contributed by atoms with Crippen LogP contribution in [0.15, 0.2) is 35.3 Å². The minimum absolute atomic E-state index is 0. The summed E-state index contributed by atoms with van der Waals surface area (Å²) < 4.78 is 5.34. The summed E-state index contributed by atoms with van der Waals surface area (Å²) in [4.78, 5) is 24.0. The van der Waals surface area contributed by atoms with Gasteiger partial charge in [-0.1, -0.05) is 30.3 Å². The van der Waals surface area contributed by atoms with Gasteiger partial charge in [0.2, 0.25) is 5.91 Å². The van der Waals surface area contributed by atoms with Crippen LogP contribution < -0.4 is 5.32 Å². The van der Waals surface area contributed by atoms with Crippen LogP contribution in [0.3, 0.4) is 0 Å². The van der Waals surface area contributed by atoms with Crippen molar-refractivity contribution in [1.82, 2.24) is 20.0 Å². The molecule has 2 atom stereocenters. The molecule has 1 N–H and O–H groups in total. The number of aliphatic imine (C=N–C) groups is 1. The zero-order valence-corrected chi connectivity index (χ0v) is 20.9. The van der Waals surface area contributed by atoms with Crippen LogP contribution in [0.4, 0.5) is 0 Å². The van der Waals surface area contributed by atoms with Crippen molar-refractivity contribution in [2.75, 3.05) is 72.1 Å². The van der Waals surface area contributed by atoms with E-state index >= 15 is 0 Å². The molecular weight excluding hydrogens is 505 g/mol. The van der Waals surface area contributed by atoms with Gasteiger partial charge in [-0.05, 0) is 30.7 Å². The summed E-state index contributed by atoms with van der Waals surface area (Å²) in [6.45, 7) is 10.8. The van der Waals surface area contributed by atoms with Crippen LogP contribution in [-0.2, 0) is 9.53 Å². The van der Waals surface area contributed by atoms with E-state index in [2.05, 4.69) is 52.4 Å². The maximum atomic E-state index is 12.5. The summed E-state index contributed by atoms with van der Waals surface area (Å²) in [6, 6.07) is 10.8. The molecule has 4 rings (SSSR count). The lowest BCUT2D eigenvalue weighted by molar-refractivity contribution is -0.136. The van der Waals surface area contributed by atoms with Gasteiger partial charge in [-0.3, -0.25) is 14.7 Å². The van der Waals surface area contributed by atoms with E-state index in [0.29, 0.717) is 31.6 Å². The van der Waals surface area contributed by atoms with E-state index in [4.69, 9.17) is 9.73 Å². The fourth-order valence-electron chi connectivity index (χ4n) is 4.41. The number of hydrogen-bond donors (Lipinski definition) is 1. The van der Waals surface area contributed by atoms with E-state index in [9.17, 15) is 4.79 Å². The molecule has 1 aliphatic carbocycles. The van der Waals surface area contributed by atoms with Crippen molar-refractivity contribution in [2.45, 2.75) is 19.3 Å². The van der Waals surface area contributed by atoms with Gasteiger partial charge in [-0.25, -0.2) is 0 Å². The molecule has 31 heavy (non-hydrogen) atoms. The molecule has 0 radical (unpaired) electrons. The number of hydrogen-bond acceptors (Lipinski definition) is 4. The van der Waals surface area contributed by atoms with Crippen molar-refractivity contribution in [3.8, 4) is 0 Å². The average molecular weight is 541 g/mol. The van der Waals surface area contributed by atoms with Gasteiger partial charge in [0.15, 0.2) is 5.96 Å². The molecule has 3 fully saturated rings. The number of carbonyl (C=O) groups is 1. The van der Waals surface area contributed by atoms with Gasteiger partial charge < -0.3 is 19.9 Å².